The van der Waals surface area contributed by atoms with E-state index in [1.807, 2.05) is 0 Å². The van der Waals surface area contributed by atoms with E-state index in [0.29, 0.717) is 37.8 Å². The molecule has 8 atom stereocenters. The molecule has 292 valence electrons. The van der Waals surface area contributed by atoms with Crippen LogP contribution in [0.5, 0.6) is 5.75 Å². The Morgan fingerprint density at radius 1 is 0.769 bits per heavy atom. The quantitative estimate of drug-likeness (QED) is 0.0485. The lowest BCUT2D eigenvalue weighted by atomic mass is 9.98. The molecule has 0 aliphatic rings. The standard InChI is InChI=1S/C33H54N8O11/c1-5-17(2)26(33(51)52)40-32(50)27(19(4)43)41-31(49)23(14-20-9-11-21(44)12-10-20)38-25(45)15-36-30(48)24(16-42)39-28(46)18(3)37-29(47)22(35)8-6-7-13-34/h9-12,17-19,22-24,26-27,42-44H,5-8,13-16,34-35H2,1-4H3,(H,36,48)(H,37,47)(H,38,45)(H,39,46)(H,40,50)(H,41,49)(H,51,52)/t17-,18-,19+,22-,23-,24-,26-,27-/m0/s1. The lowest BCUT2D eigenvalue weighted by molar-refractivity contribution is -0.144. The predicted octanol–water partition coefficient (Wildman–Crippen LogP) is -3.55. The van der Waals surface area contributed by atoms with E-state index in [1.165, 1.54) is 38.1 Å². The Labute approximate surface area is 302 Å². The molecule has 1 rings (SSSR count). The Bertz CT molecular complexity index is 1360. The van der Waals surface area contributed by atoms with Gasteiger partial charge < -0.3 is 63.8 Å². The summed E-state index contributed by atoms with van der Waals surface area (Å²) in [5.41, 5.74) is 11.7. The van der Waals surface area contributed by atoms with Crippen LogP contribution < -0.4 is 43.4 Å². The summed E-state index contributed by atoms with van der Waals surface area (Å²) in [7, 11) is 0. The van der Waals surface area contributed by atoms with Crippen molar-refractivity contribution in [1.29, 1.82) is 0 Å². The summed E-state index contributed by atoms with van der Waals surface area (Å²) in [5, 5.41) is 53.3. The van der Waals surface area contributed by atoms with Crippen molar-refractivity contribution >= 4 is 41.4 Å². The number of carbonyl (C=O) groups is 7. The number of aromatic hydroxyl groups is 1. The smallest absolute Gasteiger partial charge is 0.326 e. The van der Waals surface area contributed by atoms with Gasteiger partial charge in [0.2, 0.25) is 35.4 Å². The molecule has 0 aromatic heterocycles. The lowest BCUT2D eigenvalue weighted by Crippen LogP contribution is -2.60. The number of carboxylic acids is 1. The molecule has 1 aromatic rings. The molecular weight excluding hydrogens is 684 g/mol. The Balaban J connectivity index is 2.98. The number of phenolic OH excluding ortho intramolecular Hbond substituents is 1. The van der Waals surface area contributed by atoms with Gasteiger partial charge in [0.1, 0.15) is 36.0 Å². The summed E-state index contributed by atoms with van der Waals surface area (Å²) in [6, 6.07) is -2.25. The number of phenols is 1. The monoisotopic (exact) mass is 738 g/mol. The van der Waals surface area contributed by atoms with E-state index < -0.39 is 103 Å². The molecule has 19 nitrogen and oxygen atoms in total. The Morgan fingerprint density at radius 3 is 1.92 bits per heavy atom. The summed E-state index contributed by atoms with van der Waals surface area (Å²) in [4.78, 5) is 88.8. The van der Waals surface area contributed by atoms with E-state index in [4.69, 9.17) is 11.5 Å². The third kappa shape index (κ3) is 15.6. The molecule has 6 amide bonds. The average Bonchev–Trinajstić information content (AvgIpc) is 3.10. The van der Waals surface area contributed by atoms with Crippen LogP contribution in [0.2, 0.25) is 0 Å². The molecular formula is C33H54N8O11. The van der Waals surface area contributed by atoms with Gasteiger partial charge in [-0.1, -0.05) is 38.8 Å². The van der Waals surface area contributed by atoms with Crippen molar-refractivity contribution < 1.29 is 54.0 Å². The maximum absolute atomic E-state index is 13.4. The number of carbonyl (C=O) groups excluding carboxylic acids is 6. The molecule has 0 unspecified atom stereocenters. The number of aliphatic hydroxyl groups excluding tert-OH is 2. The third-order valence-corrected chi connectivity index (χ3v) is 8.16. The van der Waals surface area contributed by atoms with Gasteiger partial charge in [-0.15, -0.1) is 0 Å². The van der Waals surface area contributed by atoms with Crippen molar-refractivity contribution in [3.8, 4) is 5.75 Å². The fourth-order valence-corrected chi connectivity index (χ4v) is 4.71. The maximum Gasteiger partial charge on any atom is 0.326 e. The summed E-state index contributed by atoms with van der Waals surface area (Å²) in [6.07, 6.45) is 0.377. The minimum Gasteiger partial charge on any atom is -0.508 e. The van der Waals surface area contributed by atoms with E-state index in [9.17, 15) is 54.0 Å². The molecule has 0 aliphatic heterocycles. The number of unbranched alkanes of at least 4 members (excludes halogenated alkanes) is 1. The maximum atomic E-state index is 13.4. The molecule has 0 spiro atoms. The normalized spacial score (nSPS) is 15.6. The molecule has 0 radical (unpaired) electrons. The number of aliphatic carboxylic acids is 1. The highest BCUT2D eigenvalue weighted by molar-refractivity contribution is 5.96. The van der Waals surface area contributed by atoms with Gasteiger partial charge in [-0.05, 0) is 56.8 Å². The topological polar surface area (TPSA) is 325 Å². The van der Waals surface area contributed by atoms with Gasteiger partial charge >= 0.3 is 5.97 Å². The number of nitrogens with one attached hydrogen (secondary N) is 6. The van der Waals surface area contributed by atoms with Crippen LogP contribution in [0, 0.1) is 5.92 Å². The van der Waals surface area contributed by atoms with Crippen molar-refractivity contribution in [3.05, 3.63) is 29.8 Å². The second-order valence-corrected chi connectivity index (χ2v) is 12.5. The fraction of sp³-hybridized carbons (Fsp3) is 0.606. The molecule has 0 heterocycles. The van der Waals surface area contributed by atoms with E-state index >= 15 is 0 Å². The number of amides is 6. The number of rotatable bonds is 23. The molecule has 52 heavy (non-hydrogen) atoms. The zero-order chi connectivity index (χ0) is 39.5. The fourth-order valence-electron chi connectivity index (χ4n) is 4.71. The van der Waals surface area contributed by atoms with Crippen molar-refractivity contribution in [2.45, 2.75) is 102 Å². The summed E-state index contributed by atoms with van der Waals surface area (Å²) in [5.74, 6) is -7.06. The Morgan fingerprint density at radius 2 is 1.38 bits per heavy atom. The number of carboxylic acid groups (broad SMARTS) is 1. The van der Waals surface area contributed by atoms with E-state index in [-0.39, 0.29) is 12.2 Å². The third-order valence-electron chi connectivity index (χ3n) is 8.16. The number of hydrogen-bond acceptors (Lipinski definition) is 12. The van der Waals surface area contributed by atoms with Crippen LogP contribution in [0.25, 0.3) is 0 Å². The molecule has 0 saturated heterocycles. The average molecular weight is 739 g/mol. The molecule has 0 fully saturated rings. The van der Waals surface area contributed by atoms with Gasteiger partial charge in [0.25, 0.3) is 0 Å². The predicted molar refractivity (Wildman–Crippen MR) is 187 cm³/mol. The minimum atomic E-state index is -1.62. The largest absolute Gasteiger partial charge is 0.508 e. The lowest BCUT2D eigenvalue weighted by Gasteiger charge is -2.27. The summed E-state index contributed by atoms with van der Waals surface area (Å²) < 4.78 is 0. The van der Waals surface area contributed by atoms with Crippen LogP contribution >= 0.6 is 0 Å². The number of benzene rings is 1. The van der Waals surface area contributed by atoms with Crippen molar-refractivity contribution in [2.24, 2.45) is 17.4 Å². The van der Waals surface area contributed by atoms with Crippen LogP contribution in [0.4, 0.5) is 0 Å². The first-order valence-corrected chi connectivity index (χ1v) is 17.0. The van der Waals surface area contributed by atoms with Crippen LogP contribution in [-0.2, 0) is 40.0 Å². The van der Waals surface area contributed by atoms with Gasteiger partial charge in [0.15, 0.2) is 0 Å². The highest BCUT2D eigenvalue weighted by Gasteiger charge is 2.34. The van der Waals surface area contributed by atoms with Crippen LogP contribution in [0.15, 0.2) is 24.3 Å². The van der Waals surface area contributed by atoms with Crippen molar-refractivity contribution in [2.75, 3.05) is 19.7 Å². The van der Waals surface area contributed by atoms with Crippen molar-refractivity contribution in [3.63, 3.8) is 0 Å². The zero-order valence-electron chi connectivity index (χ0n) is 29.9. The van der Waals surface area contributed by atoms with Crippen LogP contribution in [-0.4, -0.2) is 124 Å². The van der Waals surface area contributed by atoms with E-state index in [2.05, 4.69) is 31.9 Å². The van der Waals surface area contributed by atoms with Gasteiger partial charge in [0.05, 0.1) is 25.3 Å². The second-order valence-electron chi connectivity index (χ2n) is 12.5. The van der Waals surface area contributed by atoms with Gasteiger partial charge in [-0.2, -0.15) is 0 Å². The first-order chi connectivity index (χ1) is 24.4. The SMILES string of the molecule is CC[C@H](C)[C@H](NC(=O)[C@@H](NC(=O)[C@H](Cc1ccc(O)cc1)NC(=O)CNC(=O)[C@H](CO)NC(=O)[C@H](C)NC(=O)[C@@H](N)CCCCN)[C@@H](C)O)C(=O)O. The van der Waals surface area contributed by atoms with Crippen molar-refractivity contribution in [1.82, 2.24) is 31.9 Å². The number of aliphatic hydroxyl groups is 2. The molecule has 19 heteroatoms. The van der Waals surface area contributed by atoms with Crippen LogP contribution in [0.1, 0.15) is 58.9 Å². The highest BCUT2D eigenvalue weighted by atomic mass is 16.4. The second kappa shape index (κ2) is 22.9. The summed E-state index contributed by atoms with van der Waals surface area (Å²) in [6.45, 7) is 4.73. The van der Waals surface area contributed by atoms with E-state index in [0.717, 1.165) is 0 Å². The zero-order valence-corrected chi connectivity index (χ0v) is 29.9. The van der Waals surface area contributed by atoms with Crippen LogP contribution in [0.3, 0.4) is 0 Å². The molecule has 14 N–H and O–H groups in total. The molecule has 0 aliphatic carbocycles. The molecule has 0 bridgehead atoms. The highest BCUT2D eigenvalue weighted by Crippen LogP contribution is 2.13. The first-order valence-electron chi connectivity index (χ1n) is 17.0. The molecule has 1 aromatic carbocycles. The first kappa shape index (κ1) is 45.2. The van der Waals surface area contributed by atoms with Gasteiger partial charge in [-0.25, -0.2) is 4.79 Å². The minimum absolute atomic E-state index is 0.0687. The number of hydrogen-bond donors (Lipinski definition) is 12. The number of nitrogens with two attached hydrogens (primary N) is 2. The van der Waals surface area contributed by atoms with Gasteiger partial charge in [-0.3, -0.25) is 28.8 Å². The summed E-state index contributed by atoms with van der Waals surface area (Å²) >= 11 is 0. The Kier molecular flexibility index (Phi) is 19.9. The van der Waals surface area contributed by atoms with Gasteiger partial charge in [0, 0.05) is 6.42 Å². The van der Waals surface area contributed by atoms with E-state index in [1.54, 1.807) is 13.8 Å². The Hall–Kier alpha value is -4.85. The molecule has 0 saturated carbocycles.